The molecule has 1 unspecified atom stereocenters. The molecule has 1 aliphatic rings. The van der Waals surface area contributed by atoms with Crippen molar-refractivity contribution >= 4 is 27.8 Å². The van der Waals surface area contributed by atoms with Crippen LogP contribution < -0.4 is 0 Å². The first kappa shape index (κ1) is 14.1. The number of carboxylic acids is 1. The number of aryl methyl sites for hydroxylation is 1. The van der Waals surface area contributed by atoms with E-state index in [1.807, 2.05) is 19.1 Å². The van der Waals surface area contributed by atoms with Crippen molar-refractivity contribution in [2.45, 2.75) is 32.2 Å². The molecule has 1 heterocycles. The smallest absolute Gasteiger partial charge is 0.326 e. The fraction of sp³-hybridized carbons (Fsp3) is 0.429. The Morgan fingerprint density at radius 1 is 1.37 bits per heavy atom. The number of carboxylic acid groups (broad SMARTS) is 1. The molecule has 0 bridgehead atoms. The molecule has 1 aromatic rings. The van der Waals surface area contributed by atoms with E-state index in [-0.39, 0.29) is 5.91 Å². The molecule has 4 nitrogen and oxygen atoms in total. The van der Waals surface area contributed by atoms with Crippen LogP contribution in [0.2, 0.25) is 0 Å². The summed E-state index contributed by atoms with van der Waals surface area (Å²) in [6.07, 6.45) is 2.25. The number of carbonyl (C=O) groups is 2. The maximum absolute atomic E-state index is 12.5. The molecule has 1 aliphatic heterocycles. The van der Waals surface area contributed by atoms with Gasteiger partial charge in [0, 0.05) is 11.0 Å². The van der Waals surface area contributed by atoms with E-state index in [2.05, 4.69) is 15.9 Å². The third-order valence-electron chi connectivity index (χ3n) is 3.40. The minimum absolute atomic E-state index is 0.209. The van der Waals surface area contributed by atoms with Crippen LogP contribution in [0.25, 0.3) is 0 Å². The Hall–Kier alpha value is -1.36. The molecular formula is C14H16BrNO3. The zero-order valence-electron chi connectivity index (χ0n) is 10.7. The minimum Gasteiger partial charge on any atom is -0.480 e. The van der Waals surface area contributed by atoms with Crippen LogP contribution >= 0.6 is 15.9 Å². The van der Waals surface area contributed by atoms with Crippen molar-refractivity contribution in [2.24, 2.45) is 0 Å². The van der Waals surface area contributed by atoms with Crippen molar-refractivity contribution in [1.29, 1.82) is 0 Å². The van der Waals surface area contributed by atoms with Crippen molar-refractivity contribution in [3.63, 3.8) is 0 Å². The summed E-state index contributed by atoms with van der Waals surface area (Å²) in [5.41, 5.74) is 1.58. The average Bonchev–Trinajstić information content (AvgIpc) is 2.38. The van der Waals surface area contributed by atoms with Gasteiger partial charge in [-0.05, 0) is 59.8 Å². The number of carbonyl (C=O) groups excluding carboxylic acids is 1. The van der Waals surface area contributed by atoms with Crippen LogP contribution in [0.5, 0.6) is 0 Å². The topological polar surface area (TPSA) is 57.6 Å². The Bertz CT molecular complexity index is 515. The monoisotopic (exact) mass is 325 g/mol. The first-order valence-electron chi connectivity index (χ1n) is 6.30. The SMILES string of the molecule is Cc1ccc(C(=O)N2CCCCC2C(=O)O)c(Br)c1. The van der Waals surface area contributed by atoms with Crippen molar-refractivity contribution in [3.05, 3.63) is 33.8 Å². The van der Waals surface area contributed by atoms with Crippen LogP contribution in [0.4, 0.5) is 0 Å². The summed E-state index contributed by atoms with van der Waals surface area (Å²) in [4.78, 5) is 25.2. The normalized spacial score (nSPS) is 19.3. The molecule has 0 radical (unpaired) electrons. The number of hydrogen-bond donors (Lipinski definition) is 1. The Balaban J connectivity index is 2.28. The maximum atomic E-state index is 12.5. The summed E-state index contributed by atoms with van der Waals surface area (Å²) in [6, 6.07) is 4.77. The van der Waals surface area contributed by atoms with Gasteiger partial charge in [0.25, 0.3) is 5.91 Å². The maximum Gasteiger partial charge on any atom is 0.326 e. The summed E-state index contributed by atoms with van der Waals surface area (Å²) < 4.78 is 0.715. The zero-order chi connectivity index (χ0) is 14.0. The molecule has 2 rings (SSSR count). The van der Waals surface area contributed by atoms with E-state index in [1.165, 1.54) is 4.90 Å². The number of benzene rings is 1. The molecular weight excluding hydrogens is 310 g/mol. The lowest BCUT2D eigenvalue weighted by molar-refractivity contribution is -0.143. The van der Waals surface area contributed by atoms with Gasteiger partial charge in [0.15, 0.2) is 0 Å². The van der Waals surface area contributed by atoms with Gasteiger partial charge in [-0.2, -0.15) is 0 Å². The number of rotatable bonds is 2. The van der Waals surface area contributed by atoms with Gasteiger partial charge >= 0.3 is 5.97 Å². The molecule has 102 valence electrons. The largest absolute Gasteiger partial charge is 0.480 e. The third-order valence-corrected chi connectivity index (χ3v) is 4.06. The van der Waals surface area contributed by atoms with E-state index in [4.69, 9.17) is 0 Å². The van der Waals surface area contributed by atoms with Crippen molar-refractivity contribution < 1.29 is 14.7 Å². The van der Waals surface area contributed by atoms with Crippen molar-refractivity contribution in [3.8, 4) is 0 Å². The molecule has 1 saturated heterocycles. The molecule has 1 aromatic carbocycles. The van der Waals surface area contributed by atoms with E-state index < -0.39 is 12.0 Å². The number of likely N-dealkylation sites (tertiary alicyclic amines) is 1. The molecule has 1 amide bonds. The average molecular weight is 326 g/mol. The Morgan fingerprint density at radius 2 is 2.11 bits per heavy atom. The van der Waals surface area contributed by atoms with Crippen molar-refractivity contribution in [2.75, 3.05) is 6.54 Å². The van der Waals surface area contributed by atoms with Gasteiger partial charge in [-0.1, -0.05) is 6.07 Å². The molecule has 5 heteroatoms. The standard InChI is InChI=1S/C14H16BrNO3/c1-9-5-6-10(11(15)8-9)13(17)16-7-3-2-4-12(16)14(18)19/h5-6,8,12H,2-4,7H2,1H3,(H,18,19). The fourth-order valence-electron chi connectivity index (χ4n) is 2.38. The second kappa shape index (κ2) is 5.74. The predicted octanol–water partition coefficient (Wildman–Crippen LogP) is 2.84. The highest BCUT2D eigenvalue weighted by atomic mass is 79.9. The molecule has 1 atom stereocenters. The highest BCUT2D eigenvalue weighted by molar-refractivity contribution is 9.10. The highest BCUT2D eigenvalue weighted by Crippen LogP contribution is 2.24. The summed E-state index contributed by atoms with van der Waals surface area (Å²) in [5.74, 6) is -1.13. The van der Waals surface area contributed by atoms with Crippen LogP contribution in [0.3, 0.4) is 0 Å². The van der Waals surface area contributed by atoms with Crippen LogP contribution in [-0.2, 0) is 4.79 Å². The van der Waals surface area contributed by atoms with Crippen LogP contribution in [0, 0.1) is 6.92 Å². The molecule has 1 fully saturated rings. The summed E-state index contributed by atoms with van der Waals surface area (Å²) in [6.45, 7) is 2.45. The molecule has 0 aromatic heterocycles. The predicted molar refractivity (Wildman–Crippen MR) is 75.2 cm³/mol. The minimum atomic E-state index is -0.920. The summed E-state index contributed by atoms with van der Waals surface area (Å²) in [7, 11) is 0. The van der Waals surface area contributed by atoms with Gasteiger partial charge in [-0.3, -0.25) is 4.79 Å². The second-order valence-electron chi connectivity index (χ2n) is 4.83. The third kappa shape index (κ3) is 2.97. The van der Waals surface area contributed by atoms with Crippen LogP contribution in [0.15, 0.2) is 22.7 Å². The van der Waals surface area contributed by atoms with E-state index in [0.29, 0.717) is 23.0 Å². The quantitative estimate of drug-likeness (QED) is 0.909. The van der Waals surface area contributed by atoms with Crippen molar-refractivity contribution in [1.82, 2.24) is 4.90 Å². The van der Waals surface area contributed by atoms with Gasteiger partial charge in [0.1, 0.15) is 6.04 Å². The number of nitrogens with zero attached hydrogens (tertiary/aromatic N) is 1. The van der Waals surface area contributed by atoms with Gasteiger partial charge in [0.05, 0.1) is 5.56 Å². The highest BCUT2D eigenvalue weighted by Gasteiger charge is 2.32. The van der Waals surface area contributed by atoms with E-state index in [1.54, 1.807) is 6.07 Å². The number of hydrogen-bond acceptors (Lipinski definition) is 2. The number of aliphatic carboxylic acids is 1. The van der Waals surface area contributed by atoms with Gasteiger partial charge in [-0.25, -0.2) is 4.79 Å². The van der Waals surface area contributed by atoms with E-state index in [0.717, 1.165) is 18.4 Å². The number of halogens is 1. The number of piperidine rings is 1. The summed E-state index contributed by atoms with van der Waals surface area (Å²) >= 11 is 3.38. The van der Waals surface area contributed by atoms with Crippen LogP contribution in [0.1, 0.15) is 35.2 Å². The number of amides is 1. The molecule has 19 heavy (non-hydrogen) atoms. The second-order valence-corrected chi connectivity index (χ2v) is 5.69. The Kier molecular flexibility index (Phi) is 4.24. The Morgan fingerprint density at radius 3 is 2.74 bits per heavy atom. The fourth-order valence-corrected chi connectivity index (χ4v) is 3.04. The van der Waals surface area contributed by atoms with E-state index in [9.17, 15) is 14.7 Å². The van der Waals surface area contributed by atoms with Crippen LogP contribution in [-0.4, -0.2) is 34.5 Å². The Labute approximate surface area is 120 Å². The van der Waals surface area contributed by atoms with Gasteiger partial charge in [-0.15, -0.1) is 0 Å². The molecule has 0 aliphatic carbocycles. The lowest BCUT2D eigenvalue weighted by Crippen LogP contribution is -2.48. The lowest BCUT2D eigenvalue weighted by atomic mass is 10.0. The van der Waals surface area contributed by atoms with E-state index >= 15 is 0 Å². The van der Waals surface area contributed by atoms with Gasteiger partial charge in [0.2, 0.25) is 0 Å². The first-order chi connectivity index (χ1) is 9.00. The molecule has 0 saturated carbocycles. The molecule has 0 spiro atoms. The zero-order valence-corrected chi connectivity index (χ0v) is 12.3. The van der Waals surface area contributed by atoms with Gasteiger partial charge < -0.3 is 10.0 Å². The summed E-state index contributed by atoms with van der Waals surface area (Å²) in [5, 5.41) is 9.21. The molecule has 1 N–H and O–H groups in total. The lowest BCUT2D eigenvalue weighted by Gasteiger charge is -2.33. The first-order valence-corrected chi connectivity index (χ1v) is 7.10.